The van der Waals surface area contributed by atoms with Gasteiger partial charge >= 0.3 is 0 Å². The molecule has 0 aromatic heterocycles. The van der Waals surface area contributed by atoms with Gasteiger partial charge < -0.3 is 14.2 Å². The summed E-state index contributed by atoms with van der Waals surface area (Å²) in [6.45, 7) is 3.42. The standard InChI is InChI=1S/C12H15BrO3/c1-12(15-6-3-7-16-12)9-4-5-11(14-2)10(13)8-9/h4-5,8H,3,6-7H2,1-2H3. The Labute approximate surface area is 104 Å². The Kier molecular flexibility index (Phi) is 3.52. The molecule has 1 saturated heterocycles. The summed E-state index contributed by atoms with van der Waals surface area (Å²) in [6.07, 6.45) is 0.951. The van der Waals surface area contributed by atoms with Crippen LogP contribution in [0.4, 0.5) is 0 Å². The first-order chi connectivity index (χ1) is 7.65. The molecule has 0 N–H and O–H groups in total. The first-order valence-corrected chi connectivity index (χ1v) is 6.07. The zero-order valence-electron chi connectivity index (χ0n) is 9.46. The van der Waals surface area contributed by atoms with Crippen LogP contribution < -0.4 is 4.74 Å². The highest BCUT2D eigenvalue weighted by Gasteiger charge is 2.31. The Morgan fingerprint density at radius 1 is 1.31 bits per heavy atom. The SMILES string of the molecule is COc1ccc(C2(C)OCCCO2)cc1Br. The molecule has 1 aliphatic rings. The smallest absolute Gasteiger partial charge is 0.191 e. The van der Waals surface area contributed by atoms with Crippen molar-refractivity contribution in [2.75, 3.05) is 20.3 Å². The lowest BCUT2D eigenvalue weighted by Gasteiger charge is -2.34. The van der Waals surface area contributed by atoms with Crippen LogP contribution in [0, 0.1) is 0 Å². The van der Waals surface area contributed by atoms with E-state index in [1.54, 1.807) is 7.11 Å². The number of hydrogen-bond acceptors (Lipinski definition) is 3. The van der Waals surface area contributed by atoms with Gasteiger partial charge in [0.25, 0.3) is 0 Å². The summed E-state index contributed by atoms with van der Waals surface area (Å²) < 4.78 is 17.5. The maximum Gasteiger partial charge on any atom is 0.191 e. The van der Waals surface area contributed by atoms with Crippen molar-refractivity contribution >= 4 is 15.9 Å². The van der Waals surface area contributed by atoms with E-state index >= 15 is 0 Å². The molecule has 0 radical (unpaired) electrons. The highest BCUT2D eigenvalue weighted by molar-refractivity contribution is 9.10. The van der Waals surface area contributed by atoms with Gasteiger partial charge in [-0.3, -0.25) is 0 Å². The number of methoxy groups -OCH3 is 1. The number of rotatable bonds is 2. The van der Waals surface area contributed by atoms with E-state index in [0.29, 0.717) is 0 Å². The van der Waals surface area contributed by atoms with Crippen LogP contribution in [-0.2, 0) is 15.3 Å². The fourth-order valence-electron chi connectivity index (χ4n) is 1.75. The zero-order valence-corrected chi connectivity index (χ0v) is 11.0. The average Bonchev–Trinajstić information content (AvgIpc) is 2.30. The lowest BCUT2D eigenvalue weighted by atomic mass is 10.1. The van der Waals surface area contributed by atoms with Crippen LogP contribution in [0.1, 0.15) is 18.9 Å². The van der Waals surface area contributed by atoms with Gasteiger partial charge in [-0.15, -0.1) is 0 Å². The molecule has 0 saturated carbocycles. The van der Waals surface area contributed by atoms with Gasteiger partial charge in [-0.05, 0) is 47.5 Å². The van der Waals surface area contributed by atoms with Crippen molar-refractivity contribution in [2.24, 2.45) is 0 Å². The van der Waals surface area contributed by atoms with Crippen LogP contribution >= 0.6 is 15.9 Å². The molecule has 0 unspecified atom stereocenters. The van der Waals surface area contributed by atoms with Crippen LogP contribution in [0.3, 0.4) is 0 Å². The van der Waals surface area contributed by atoms with Crippen molar-refractivity contribution in [3.63, 3.8) is 0 Å². The van der Waals surface area contributed by atoms with Crippen molar-refractivity contribution < 1.29 is 14.2 Å². The second-order valence-electron chi connectivity index (χ2n) is 3.85. The van der Waals surface area contributed by atoms with Gasteiger partial charge in [0.2, 0.25) is 0 Å². The van der Waals surface area contributed by atoms with Gasteiger partial charge in [0, 0.05) is 5.56 Å². The maximum absolute atomic E-state index is 5.70. The van der Waals surface area contributed by atoms with Crippen LogP contribution in [0.2, 0.25) is 0 Å². The van der Waals surface area contributed by atoms with Gasteiger partial charge in [-0.25, -0.2) is 0 Å². The Balaban J connectivity index is 2.29. The third-order valence-electron chi connectivity index (χ3n) is 2.72. The number of hydrogen-bond donors (Lipinski definition) is 0. The lowest BCUT2D eigenvalue weighted by Crippen LogP contribution is -2.34. The monoisotopic (exact) mass is 286 g/mol. The minimum absolute atomic E-state index is 0.632. The van der Waals surface area contributed by atoms with E-state index in [0.717, 1.165) is 35.4 Å². The summed E-state index contributed by atoms with van der Waals surface area (Å²) in [7, 11) is 1.65. The normalized spacial score (nSPS) is 19.4. The molecular weight excluding hydrogens is 272 g/mol. The quantitative estimate of drug-likeness (QED) is 0.836. The Morgan fingerprint density at radius 3 is 2.56 bits per heavy atom. The molecule has 3 nitrogen and oxygen atoms in total. The first-order valence-electron chi connectivity index (χ1n) is 5.27. The molecule has 2 rings (SSSR count). The summed E-state index contributed by atoms with van der Waals surface area (Å²) in [5, 5.41) is 0. The number of benzene rings is 1. The van der Waals surface area contributed by atoms with E-state index in [4.69, 9.17) is 14.2 Å². The number of halogens is 1. The largest absolute Gasteiger partial charge is 0.496 e. The Morgan fingerprint density at radius 2 is 2.00 bits per heavy atom. The third kappa shape index (κ3) is 2.24. The van der Waals surface area contributed by atoms with Crippen molar-refractivity contribution in [1.29, 1.82) is 0 Å². The predicted octanol–water partition coefficient (Wildman–Crippen LogP) is 3.07. The lowest BCUT2D eigenvalue weighted by molar-refractivity contribution is -0.264. The van der Waals surface area contributed by atoms with Gasteiger partial charge in [-0.2, -0.15) is 0 Å². The minimum Gasteiger partial charge on any atom is -0.496 e. The maximum atomic E-state index is 5.70. The molecule has 0 bridgehead atoms. The Hall–Kier alpha value is -0.580. The van der Waals surface area contributed by atoms with Crippen molar-refractivity contribution in [3.8, 4) is 5.75 Å². The summed E-state index contributed by atoms with van der Waals surface area (Å²) in [5.41, 5.74) is 1.000. The third-order valence-corrected chi connectivity index (χ3v) is 3.34. The molecule has 1 heterocycles. The molecule has 0 atom stereocenters. The second-order valence-corrected chi connectivity index (χ2v) is 4.70. The molecule has 0 spiro atoms. The second kappa shape index (κ2) is 4.73. The number of ether oxygens (including phenoxy) is 3. The fourth-order valence-corrected chi connectivity index (χ4v) is 2.29. The van der Waals surface area contributed by atoms with Crippen LogP contribution in [0.25, 0.3) is 0 Å². The van der Waals surface area contributed by atoms with Crippen molar-refractivity contribution in [3.05, 3.63) is 28.2 Å². The van der Waals surface area contributed by atoms with E-state index in [-0.39, 0.29) is 0 Å². The first kappa shape index (κ1) is 11.9. The molecule has 16 heavy (non-hydrogen) atoms. The van der Waals surface area contributed by atoms with Crippen molar-refractivity contribution in [1.82, 2.24) is 0 Å². The van der Waals surface area contributed by atoms with Gasteiger partial charge in [0.15, 0.2) is 5.79 Å². The van der Waals surface area contributed by atoms with E-state index < -0.39 is 5.79 Å². The van der Waals surface area contributed by atoms with E-state index in [2.05, 4.69) is 15.9 Å². The summed E-state index contributed by atoms with van der Waals surface area (Å²) in [6, 6.07) is 5.85. The summed E-state index contributed by atoms with van der Waals surface area (Å²) >= 11 is 3.46. The molecule has 1 aromatic rings. The molecular formula is C12H15BrO3. The molecule has 4 heteroatoms. The molecule has 0 aliphatic carbocycles. The summed E-state index contributed by atoms with van der Waals surface area (Å²) in [5.74, 6) is 0.177. The molecule has 88 valence electrons. The Bertz CT molecular complexity index is 373. The predicted molar refractivity (Wildman–Crippen MR) is 64.6 cm³/mol. The van der Waals surface area contributed by atoms with Gasteiger partial charge in [0.05, 0.1) is 24.8 Å². The highest BCUT2D eigenvalue weighted by atomic mass is 79.9. The minimum atomic E-state index is -0.632. The van der Waals surface area contributed by atoms with E-state index in [1.165, 1.54) is 0 Å². The molecule has 1 aromatic carbocycles. The molecule has 1 aliphatic heterocycles. The van der Waals surface area contributed by atoms with Crippen molar-refractivity contribution in [2.45, 2.75) is 19.1 Å². The summed E-state index contributed by atoms with van der Waals surface area (Å²) in [4.78, 5) is 0. The van der Waals surface area contributed by atoms with Gasteiger partial charge in [0.1, 0.15) is 5.75 Å². The van der Waals surface area contributed by atoms with Crippen LogP contribution in [0.5, 0.6) is 5.75 Å². The van der Waals surface area contributed by atoms with Crippen LogP contribution in [-0.4, -0.2) is 20.3 Å². The van der Waals surface area contributed by atoms with Crippen LogP contribution in [0.15, 0.2) is 22.7 Å². The van der Waals surface area contributed by atoms with E-state index in [1.807, 2.05) is 25.1 Å². The van der Waals surface area contributed by atoms with E-state index in [9.17, 15) is 0 Å². The molecule has 1 fully saturated rings. The topological polar surface area (TPSA) is 27.7 Å². The molecule has 0 amide bonds. The fraction of sp³-hybridized carbons (Fsp3) is 0.500. The highest BCUT2D eigenvalue weighted by Crippen LogP contribution is 2.34. The zero-order chi connectivity index (χ0) is 11.6. The average molecular weight is 287 g/mol. The van der Waals surface area contributed by atoms with Gasteiger partial charge in [-0.1, -0.05) is 0 Å².